The molecule has 0 radical (unpaired) electrons. The number of nitrogens with two attached hydrogens (primary N) is 1. The monoisotopic (exact) mass is 1000 g/mol. The van der Waals surface area contributed by atoms with Crippen molar-refractivity contribution < 1.29 is 8.83 Å². The van der Waals surface area contributed by atoms with Gasteiger partial charge in [-0.15, -0.1) is 0 Å². The number of para-hydroxylation sites is 2. The quantitative estimate of drug-likeness (QED) is 0.163. The third kappa shape index (κ3) is 9.46. The van der Waals surface area contributed by atoms with E-state index in [-0.39, 0.29) is 0 Å². The van der Waals surface area contributed by atoms with Crippen molar-refractivity contribution in [3.8, 4) is 44.5 Å². The maximum absolute atomic E-state index is 6.07. The topological polar surface area (TPSA) is 64.3 Å². The van der Waals surface area contributed by atoms with E-state index in [0.717, 1.165) is 71.0 Å². The van der Waals surface area contributed by atoms with Crippen molar-refractivity contribution in [2.24, 2.45) is 0 Å². The van der Waals surface area contributed by atoms with E-state index in [4.69, 9.17) is 14.6 Å². The largest absolute Gasteiger partial charge is 0.456 e. The number of hydrogen-bond donors (Lipinski definition) is 2. The lowest BCUT2D eigenvalue weighted by Gasteiger charge is -2.10. The number of furan rings is 2. The van der Waals surface area contributed by atoms with Crippen molar-refractivity contribution >= 4 is 98.4 Å². The molecule has 12 aromatic carbocycles. The Hall–Kier alpha value is -9.16. The van der Waals surface area contributed by atoms with Gasteiger partial charge in [0.05, 0.1) is 0 Å². The first-order chi connectivity index (χ1) is 36.0. The highest BCUT2D eigenvalue weighted by Crippen LogP contribution is 2.39. The van der Waals surface area contributed by atoms with Crippen LogP contribution in [0.1, 0.15) is 0 Å². The summed E-state index contributed by atoms with van der Waals surface area (Å²) in [6, 6.07) is 92.5. The van der Waals surface area contributed by atoms with E-state index < -0.39 is 0 Å². The van der Waals surface area contributed by atoms with Crippen molar-refractivity contribution in [2.45, 2.75) is 0 Å². The van der Waals surface area contributed by atoms with Crippen molar-refractivity contribution in [1.29, 1.82) is 0 Å². The summed E-state index contributed by atoms with van der Waals surface area (Å²) in [7, 11) is 0. The molecule has 0 saturated carbocycles. The fraction of sp³-hybridized carbons (Fsp3) is 0. The maximum Gasteiger partial charge on any atom is 0.136 e. The van der Waals surface area contributed by atoms with Crippen LogP contribution < -0.4 is 11.1 Å². The highest BCUT2D eigenvalue weighted by molar-refractivity contribution is 9.10. The zero-order chi connectivity index (χ0) is 49.1. The average molecular weight is 1000 g/mol. The van der Waals surface area contributed by atoms with Gasteiger partial charge in [0.2, 0.25) is 0 Å². The van der Waals surface area contributed by atoms with Gasteiger partial charge in [-0.1, -0.05) is 198 Å². The molecule has 0 bridgehead atoms. The van der Waals surface area contributed by atoms with Crippen LogP contribution in [0.3, 0.4) is 0 Å². The second kappa shape index (κ2) is 19.9. The van der Waals surface area contributed by atoms with E-state index in [0.29, 0.717) is 0 Å². The predicted octanol–water partition coefficient (Wildman–Crippen LogP) is 19.9. The highest BCUT2D eigenvalue weighted by Gasteiger charge is 2.14. The number of halogens is 1. The lowest BCUT2D eigenvalue weighted by atomic mass is 9.99. The van der Waals surface area contributed by atoms with Crippen LogP contribution in [0.4, 0.5) is 17.1 Å². The SMILES string of the molecule is Brc1ccc(-c2ccc3ccccc3c2)cc1.Nc1ccc(-c2cccc3oc4ccccc4c23)cc1.c1ccc2cc(-c3ccc(Nc4ccc(-c5cccc6oc7ccccc7c56)cc4)cc3)ccc2c1. The lowest BCUT2D eigenvalue weighted by Crippen LogP contribution is -1.90. The van der Waals surface area contributed by atoms with Gasteiger partial charge in [0.25, 0.3) is 0 Å². The fourth-order valence-electron chi connectivity index (χ4n) is 9.72. The van der Waals surface area contributed by atoms with Gasteiger partial charge in [-0.05, 0) is 151 Å². The molecule has 2 aromatic heterocycles. The summed E-state index contributed by atoms with van der Waals surface area (Å²) in [5.74, 6) is 0. The molecule has 0 aliphatic rings. The van der Waals surface area contributed by atoms with Gasteiger partial charge >= 0.3 is 0 Å². The molecular formula is C68H47BrN2O2. The zero-order valence-electron chi connectivity index (χ0n) is 39.7. The number of benzene rings is 12. The molecule has 3 N–H and O–H groups in total. The Kier molecular flexibility index (Phi) is 12.3. The first kappa shape index (κ1) is 45.0. The highest BCUT2D eigenvalue weighted by atomic mass is 79.9. The minimum Gasteiger partial charge on any atom is -0.456 e. The fourth-order valence-corrected chi connectivity index (χ4v) is 9.98. The van der Waals surface area contributed by atoms with Gasteiger partial charge in [-0.25, -0.2) is 0 Å². The van der Waals surface area contributed by atoms with E-state index in [1.165, 1.54) is 60.5 Å². The Balaban J connectivity index is 0.000000123. The van der Waals surface area contributed by atoms with E-state index in [9.17, 15) is 0 Å². The van der Waals surface area contributed by atoms with Gasteiger partial charge in [0, 0.05) is 43.1 Å². The second-order valence-corrected chi connectivity index (χ2v) is 19.0. The second-order valence-electron chi connectivity index (χ2n) is 18.1. The van der Waals surface area contributed by atoms with Crippen LogP contribution in [0.25, 0.3) is 110 Å². The molecule has 2 heterocycles. The number of nitrogen functional groups attached to an aromatic ring is 1. The van der Waals surface area contributed by atoms with Crippen LogP contribution in [0.2, 0.25) is 0 Å². The van der Waals surface area contributed by atoms with Crippen LogP contribution in [0.5, 0.6) is 0 Å². The summed E-state index contributed by atoms with van der Waals surface area (Å²) >= 11 is 3.46. The number of nitrogens with one attached hydrogen (secondary N) is 1. The van der Waals surface area contributed by atoms with E-state index in [1.807, 2.05) is 72.8 Å². The van der Waals surface area contributed by atoms with Crippen LogP contribution in [-0.2, 0) is 0 Å². The molecule has 0 saturated heterocycles. The van der Waals surface area contributed by atoms with Crippen LogP contribution in [0.15, 0.2) is 280 Å². The first-order valence-electron chi connectivity index (χ1n) is 24.4. The molecule has 5 heteroatoms. The van der Waals surface area contributed by atoms with Gasteiger partial charge in [0.15, 0.2) is 0 Å². The van der Waals surface area contributed by atoms with E-state index in [2.05, 4.69) is 215 Å². The van der Waals surface area contributed by atoms with Gasteiger partial charge in [0.1, 0.15) is 22.3 Å². The standard InChI is InChI=1S/C34H23NO.C18H13NO.C16H11Br/c1-2-7-26-22-27(13-12-23(26)6-1)24-14-18-28(19-15-24)35-29-20-16-25(17-21-29)30-9-5-11-33-34(30)31-8-3-4-10-32(31)36-33;19-13-10-8-12(9-11-13)14-5-3-7-17-18(14)15-4-1-2-6-16(15)20-17;17-16-9-7-13(8-10-16)15-6-5-12-3-1-2-4-14(12)11-15/h1-22,35H;1-11H,19H2;1-11H. The molecule has 0 fully saturated rings. The molecule has 0 aliphatic carbocycles. The molecule has 0 aliphatic heterocycles. The summed E-state index contributed by atoms with van der Waals surface area (Å²) in [6.45, 7) is 0. The average Bonchev–Trinajstić information content (AvgIpc) is 4.03. The number of fused-ring (bicyclic) bond motifs is 8. The molecule has 14 aromatic rings. The molecule has 4 nitrogen and oxygen atoms in total. The lowest BCUT2D eigenvalue weighted by molar-refractivity contribution is 0.668. The van der Waals surface area contributed by atoms with Crippen LogP contribution >= 0.6 is 15.9 Å². The first-order valence-corrected chi connectivity index (χ1v) is 25.1. The van der Waals surface area contributed by atoms with Gasteiger partial charge < -0.3 is 19.9 Å². The molecule has 0 amide bonds. The van der Waals surface area contributed by atoms with Crippen molar-refractivity contribution in [3.05, 3.63) is 271 Å². The summed E-state index contributed by atoms with van der Waals surface area (Å²) < 4.78 is 13.1. The Morgan fingerprint density at radius 2 is 0.671 bits per heavy atom. The van der Waals surface area contributed by atoms with Gasteiger partial charge in [-0.3, -0.25) is 0 Å². The third-order valence-corrected chi connectivity index (χ3v) is 13.9. The van der Waals surface area contributed by atoms with Crippen LogP contribution in [-0.4, -0.2) is 0 Å². The van der Waals surface area contributed by atoms with Crippen molar-refractivity contribution in [3.63, 3.8) is 0 Å². The van der Waals surface area contributed by atoms with Crippen molar-refractivity contribution in [2.75, 3.05) is 11.1 Å². The number of anilines is 3. The maximum atomic E-state index is 6.07. The molecule has 0 spiro atoms. The molecule has 0 atom stereocenters. The third-order valence-electron chi connectivity index (χ3n) is 13.4. The molecular weight excluding hydrogens is 957 g/mol. The predicted molar refractivity (Wildman–Crippen MR) is 312 cm³/mol. The minimum absolute atomic E-state index is 0.776. The number of rotatable bonds is 6. The molecule has 0 unspecified atom stereocenters. The molecule has 14 rings (SSSR count). The Bertz CT molecular complexity index is 4230. The summed E-state index contributed by atoms with van der Waals surface area (Å²) in [6.07, 6.45) is 0. The molecule has 348 valence electrons. The Morgan fingerprint density at radius 3 is 1.15 bits per heavy atom. The minimum atomic E-state index is 0.776. The number of hydrogen-bond acceptors (Lipinski definition) is 4. The van der Waals surface area contributed by atoms with Crippen LogP contribution in [0, 0.1) is 0 Å². The summed E-state index contributed by atoms with van der Waals surface area (Å²) in [4.78, 5) is 0. The van der Waals surface area contributed by atoms with E-state index >= 15 is 0 Å². The smallest absolute Gasteiger partial charge is 0.136 e. The van der Waals surface area contributed by atoms with Crippen molar-refractivity contribution in [1.82, 2.24) is 0 Å². The van der Waals surface area contributed by atoms with Gasteiger partial charge in [-0.2, -0.15) is 0 Å². The summed E-state index contributed by atoms with van der Waals surface area (Å²) in [5.41, 5.74) is 22.0. The van der Waals surface area contributed by atoms with E-state index in [1.54, 1.807) is 0 Å². The molecule has 73 heavy (non-hydrogen) atoms. The Morgan fingerprint density at radius 1 is 0.301 bits per heavy atom. The normalized spacial score (nSPS) is 11.1. The summed E-state index contributed by atoms with van der Waals surface area (Å²) in [5, 5.41) is 13.3. The zero-order valence-corrected chi connectivity index (χ0v) is 41.3. The Labute approximate surface area is 431 Å².